The predicted molar refractivity (Wildman–Crippen MR) is 60.9 cm³/mol. The fourth-order valence-corrected chi connectivity index (χ4v) is 1.95. The molecule has 0 bridgehead atoms. The van der Waals surface area contributed by atoms with Crippen LogP contribution in [0.25, 0.3) is 0 Å². The van der Waals surface area contributed by atoms with Gasteiger partial charge in [0.05, 0.1) is 12.0 Å². The molecule has 0 radical (unpaired) electrons. The number of carboxylic acids is 1. The summed E-state index contributed by atoms with van der Waals surface area (Å²) in [7, 11) is 0. The molecule has 0 fully saturated rings. The van der Waals surface area contributed by atoms with Crippen molar-refractivity contribution in [1.82, 2.24) is 0 Å². The van der Waals surface area contributed by atoms with Gasteiger partial charge in [-0.25, -0.2) is 17.6 Å². The molecule has 2 nitrogen and oxygen atoms in total. The maximum Gasteiger partial charge on any atom is 0.303 e. The van der Waals surface area contributed by atoms with E-state index in [0.717, 1.165) is 6.07 Å². The highest BCUT2D eigenvalue weighted by Gasteiger charge is 2.41. The van der Waals surface area contributed by atoms with E-state index in [-0.39, 0.29) is 0 Å². The number of hydrogen-bond donors (Lipinski definition) is 1. The Hall–Kier alpha value is -1.59. The molecular formula is C13H14F4O2. The molecule has 106 valence electrons. The topological polar surface area (TPSA) is 37.3 Å². The molecule has 19 heavy (non-hydrogen) atoms. The van der Waals surface area contributed by atoms with Crippen LogP contribution in [0, 0.1) is 17.0 Å². The Kier molecular flexibility index (Phi) is 4.22. The molecule has 1 aromatic rings. The average Bonchev–Trinajstić information content (AvgIpc) is 2.11. The largest absolute Gasteiger partial charge is 0.481 e. The third-order valence-corrected chi connectivity index (χ3v) is 2.66. The average molecular weight is 278 g/mol. The molecule has 0 aliphatic rings. The predicted octanol–water partition coefficient (Wildman–Crippen LogP) is 3.95. The van der Waals surface area contributed by atoms with E-state index in [1.54, 1.807) is 0 Å². The molecule has 0 saturated carbocycles. The van der Waals surface area contributed by atoms with Crippen LogP contribution >= 0.6 is 0 Å². The van der Waals surface area contributed by atoms with Gasteiger partial charge in [-0.3, -0.25) is 4.79 Å². The molecule has 0 spiro atoms. The molecule has 0 saturated heterocycles. The quantitative estimate of drug-likeness (QED) is 0.828. The zero-order valence-electron chi connectivity index (χ0n) is 10.5. The molecule has 1 N–H and O–H groups in total. The van der Waals surface area contributed by atoms with Crippen molar-refractivity contribution in [2.45, 2.75) is 32.6 Å². The first kappa shape index (κ1) is 15.5. The minimum Gasteiger partial charge on any atom is -0.481 e. The normalized spacial score (nSPS) is 12.5. The van der Waals surface area contributed by atoms with E-state index in [9.17, 15) is 22.4 Å². The van der Waals surface area contributed by atoms with E-state index in [0.29, 0.717) is 12.1 Å². The lowest BCUT2D eigenvalue weighted by Crippen LogP contribution is -2.27. The van der Waals surface area contributed by atoms with Crippen LogP contribution in [0.2, 0.25) is 0 Å². The van der Waals surface area contributed by atoms with Crippen LogP contribution in [0.4, 0.5) is 17.6 Å². The van der Waals surface area contributed by atoms with Crippen LogP contribution in [0.5, 0.6) is 0 Å². The van der Waals surface area contributed by atoms with Crippen LogP contribution in [0.15, 0.2) is 18.2 Å². The molecule has 0 aliphatic heterocycles. The van der Waals surface area contributed by atoms with Gasteiger partial charge >= 0.3 is 5.97 Å². The minimum absolute atomic E-state index is 0.382. The second kappa shape index (κ2) is 5.19. The van der Waals surface area contributed by atoms with Crippen molar-refractivity contribution in [3.63, 3.8) is 0 Å². The number of benzene rings is 1. The molecule has 0 amide bonds. The van der Waals surface area contributed by atoms with E-state index >= 15 is 0 Å². The first-order valence-corrected chi connectivity index (χ1v) is 5.59. The van der Waals surface area contributed by atoms with Gasteiger partial charge in [0.1, 0.15) is 11.6 Å². The van der Waals surface area contributed by atoms with Gasteiger partial charge in [0.2, 0.25) is 0 Å². The molecule has 0 heterocycles. The highest BCUT2D eigenvalue weighted by Crippen LogP contribution is 2.42. The van der Waals surface area contributed by atoms with E-state index in [4.69, 9.17) is 5.11 Å². The van der Waals surface area contributed by atoms with Gasteiger partial charge < -0.3 is 5.11 Å². The zero-order chi connectivity index (χ0) is 14.8. The zero-order valence-corrected chi connectivity index (χ0v) is 10.5. The lowest BCUT2D eigenvalue weighted by molar-refractivity contribution is -0.140. The Balaban J connectivity index is 3.00. The highest BCUT2D eigenvalue weighted by molar-refractivity contribution is 5.67. The maximum atomic E-state index is 13.9. The van der Waals surface area contributed by atoms with E-state index in [2.05, 4.69) is 0 Å². The van der Waals surface area contributed by atoms with Gasteiger partial charge in [-0.2, -0.15) is 0 Å². The molecule has 0 atom stereocenters. The molecule has 0 aliphatic carbocycles. The van der Waals surface area contributed by atoms with Crippen LogP contribution in [0.3, 0.4) is 0 Å². The summed E-state index contributed by atoms with van der Waals surface area (Å²) in [6, 6.07) is 1.81. The SMILES string of the molecule is CC(C)(CC(=O)O)CC(F)(F)c1ccc(F)cc1F. The first-order valence-electron chi connectivity index (χ1n) is 5.59. The molecule has 1 aromatic carbocycles. The fourth-order valence-electron chi connectivity index (χ4n) is 1.95. The Morgan fingerprint density at radius 1 is 1.26 bits per heavy atom. The van der Waals surface area contributed by atoms with Crippen molar-refractivity contribution >= 4 is 5.97 Å². The number of carboxylic acid groups (broad SMARTS) is 1. The summed E-state index contributed by atoms with van der Waals surface area (Å²) in [5.74, 6) is -7.05. The number of rotatable bonds is 5. The van der Waals surface area contributed by atoms with Crippen molar-refractivity contribution in [2.24, 2.45) is 5.41 Å². The van der Waals surface area contributed by atoms with Crippen molar-refractivity contribution in [3.8, 4) is 0 Å². The van der Waals surface area contributed by atoms with Crippen LogP contribution < -0.4 is 0 Å². The summed E-state index contributed by atoms with van der Waals surface area (Å²) in [5, 5.41) is 8.64. The van der Waals surface area contributed by atoms with Gasteiger partial charge in [-0.1, -0.05) is 13.8 Å². The number of carbonyl (C=O) groups is 1. The monoisotopic (exact) mass is 278 g/mol. The van der Waals surface area contributed by atoms with Gasteiger partial charge in [0, 0.05) is 12.5 Å². The Morgan fingerprint density at radius 2 is 1.84 bits per heavy atom. The van der Waals surface area contributed by atoms with Gasteiger partial charge in [-0.15, -0.1) is 0 Å². The standard InChI is InChI=1S/C13H14F4O2/c1-12(2,6-11(18)19)7-13(16,17)9-4-3-8(14)5-10(9)15/h3-5H,6-7H2,1-2H3,(H,18,19). The van der Waals surface area contributed by atoms with Gasteiger partial charge in [-0.05, 0) is 17.5 Å². The number of hydrogen-bond acceptors (Lipinski definition) is 1. The Bertz CT molecular complexity index is 484. The molecular weight excluding hydrogens is 264 g/mol. The Labute approximate surface area is 108 Å². The number of alkyl halides is 2. The summed E-state index contributed by atoms with van der Waals surface area (Å²) < 4.78 is 53.9. The number of aliphatic carboxylic acids is 1. The summed E-state index contributed by atoms with van der Waals surface area (Å²) in [6.07, 6.45) is -1.31. The lowest BCUT2D eigenvalue weighted by Gasteiger charge is -2.28. The van der Waals surface area contributed by atoms with Crippen LogP contribution in [-0.4, -0.2) is 11.1 Å². The van der Waals surface area contributed by atoms with Crippen molar-refractivity contribution in [3.05, 3.63) is 35.4 Å². The smallest absolute Gasteiger partial charge is 0.303 e. The van der Waals surface area contributed by atoms with E-state index < -0.39 is 47.3 Å². The molecule has 1 rings (SSSR count). The third kappa shape index (κ3) is 4.22. The molecule has 6 heteroatoms. The van der Waals surface area contributed by atoms with Crippen molar-refractivity contribution in [1.29, 1.82) is 0 Å². The second-order valence-electron chi connectivity index (χ2n) is 5.24. The summed E-state index contributed by atoms with van der Waals surface area (Å²) in [4.78, 5) is 10.6. The minimum atomic E-state index is -3.56. The fraction of sp³-hybridized carbons (Fsp3) is 0.462. The summed E-state index contributed by atoms with van der Waals surface area (Å²) >= 11 is 0. The lowest BCUT2D eigenvalue weighted by atomic mass is 9.81. The molecule has 0 unspecified atom stereocenters. The second-order valence-corrected chi connectivity index (χ2v) is 5.24. The van der Waals surface area contributed by atoms with E-state index in [1.807, 2.05) is 0 Å². The van der Waals surface area contributed by atoms with Crippen molar-refractivity contribution < 1.29 is 27.5 Å². The number of halogens is 4. The van der Waals surface area contributed by atoms with Crippen molar-refractivity contribution in [2.75, 3.05) is 0 Å². The van der Waals surface area contributed by atoms with Crippen LogP contribution in [0.1, 0.15) is 32.3 Å². The maximum absolute atomic E-state index is 13.9. The van der Waals surface area contributed by atoms with Gasteiger partial charge in [0.25, 0.3) is 5.92 Å². The Morgan fingerprint density at radius 3 is 2.32 bits per heavy atom. The van der Waals surface area contributed by atoms with Gasteiger partial charge in [0.15, 0.2) is 0 Å². The summed E-state index contributed by atoms with van der Waals surface area (Å²) in [6.45, 7) is 2.72. The summed E-state index contributed by atoms with van der Waals surface area (Å²) in [5.41, 5.74) is -2.14. The highest BCUT2D eigenvalue weighted by atomic mass is 19.3. The molecule has 0 aromatic heterocycles. The van der Waals surface area contributed by atoms with E-state index in [1.165, 1.54) is 13.8 Å². The van der Waals surface area contributed by atoms with Crippen LogP contribution in [-0.2, 0) is 10.7 Å². The third-order valence-electron chi connectivity index (χ3n) is 2.66. The first-order chi connectivity index (χ1) is 8.53.